The lowest BCUT2D eigenvalue weighted by Crippen LogP contribution is -2.32. The van der Waals surface area contributed by atoms with Crippen molar-refractivity contribution in [1.29, 1.82) is 0 Å². The van der Waals surface area contributed by atoms with Crippen molar-refractivity contribution < 1.29 is 29.0 Å². The smallest absolute Gasteiger partial charge is 0.320 e. The standard InChI is InChI=1S/C13H15NO6.ClH/c1-7(15)19-11-4-3-9(5-10(14)13(17)18)6-12(11)20-8(2)16;/h3-4,6,10H,5,14H2,1-2H3,(H,17,18);1H/t10-;/m0./s1. The van der Waals surface area contributed by atoms with E-state index < -0.39 is 23.9 Å². The molecule has 1 rings (SSSR count). The summed E-state index contributed by atoms with van der Waals surface area (Å²) >= 11 is 0. The van der Waals surface area contributed by atoms with E-state index in [1.54, 1.807) is 6.07 Å². The lowest BCUT2D eigenvalue weighted by atomic mass is 10.1. The Morgan fingerprint density at radius 2 is 1.67 bits per heavy atom. The first-order chi connectivity index (χ1) is 9.29. The van der Waals surface area contributed by atoms with Gasteiger partial charge in [-0.1, -0.05) is 6.07 Å². The van der Waals surface area contributed by atoms with Crippen molar-refractivity contribution in [2.75, 3.05) is 0 Å². The van der Waals surface area contributed by atoms with Crippen LogP contribution in [0.1, 0.15) is 19.4 Å². The summed E-state index contributed by atoms with van der Waals surface area (Å²) in [6.07, 6.45) is 0.0595. The van der Waals surface area contributed by atoms with Gasteiger partial charge in [-0.05, 0) is 24.1 Å². The van der Waals surface area contributed by atoms with Gasteiger partial charge in [-0.15, -0.1) is 12.4 Å². The van der Waals surface area contributed by atoms with Gasteiger partial charge in [0.15, 0.2) is 11.5 Å². The number of hydrogen-bond acceptors (Lipinski definition) is 6. The number of ether oxygens (including phenoxy) is 2. The Hall–Kier alpha value is -2.12. The zero-order valence-electron chi connectivity index (χ0n) is 11.5. The Morgan fingerprint density at radius 3 is 2.14 bits per heavy atom. The van der Waals surface area contributed by atoms with Crippen molar-refractivity contribution in [1.82, 2.24) is 0 Å². The highest BCUT2D eigenvalue weighted by atomic mass is 35.5. The summed E-state index contributed by atoms with van der Waals surface area (Å²) in [6, 6.07) is 3.32. The fourth-order valence-corrected chi connectivity index (χ4v) is 1.49. The summed E-state index contributed by atoms with van der Waals surface area (Å²) in [7, 11) is 0. The highest BCUT2D eigenvalue weighted by molar-refractivity contribution is 5.85. The number of esters is 2. The average molecular weight is 318 g/mol. The third-order valence-electron chi connectivity index (χ3n) is 2.29. The van der Waals surface area contributed by atoms with Gasteiger partial charge in [0, 0.05) is 13.8 Å². The molecule has 7 nitrogen and oxygen atoms in total. The first-order valence-corrected chi connectivity index (χ1v) is 5.77. The minimum absolute atomic E-state index is 0. The van der Waals surface area contributed by atoms with Crippen LogP contribution in [0.25, 0.3) is 0 Å². The minimum atomic E-state index is -1.14. The summed E-state index contributed by atoms with van der Waals surface area (Å²) in [4.78, 5) is 32.7. The second-order valence-corrected chi connectivity index (χ2v) is 4.12. The average Bonchev–Trinajstić information content (AvgIpc) is 2.31. The summed E-state index contributed by atoms with van der Waals surface area (Å²) in [6.45, 7) is 2.42. The van der Waals surface area contributed by atoms with E-state index >= 15 is 0 Å². The predicted molar refractivity (Wildman–Crippen MR) is 75.6 cm³/mol. The van der Waals surface area contributed by atoms with Gasteiger partial charge in [-0.2, -0.15) is 0 Å². The molecular formula is C13H16ClNO6. The zero-order valence-corrected chi connectivity index (χ0v) is 12.3. The molecule has 1 aromatic carbocycles. The Labute approximate surface area is 127 Å². The van der Waals surface area contributed by atoms with Crippen LogP contribution >= 0.6 is 12.4 Å². The molecule has 0 aliphatic heterocycles. The number of benzene rings is 1. The molecule has 8 heteroatoms. The SMILES string of the molecule is CC(=O)Oc1ccc(C[C@H](N)C(=O)O)cc1OC(C)=O.Cl. The summed E-state index contributed by atoms with van der Waals surface area (Å²) < 4.78 is 9.81. The van der Waals surface area contributed by atoms with Gasteiger partial charge in [-0.3, -0.25) is 14.4 Å². The molecule has 21 heavy (non-hydrogen) atoms. The molecule has 0 saturated heterocycles. The van der Waals surface area contributed by atoms with Gasteiger partial charge in [0.1, 0.15) is 6.04 Å². The molecule has 116 valence electrons. The first-order valence-electron chi connectivity index (χ1n) is 5.77. The molecule has 0 unspecified atom stereocenters. The van der Waals surface area contributed by atoms with E-state index in [0.29, 0.717) is 5.56 Å². The largest absolute Gasteiger partial charge is 0.480 e. The van der Waals surface area contributed by atoms with Crippen LogP contribution in [0.2, 0.25) is 0 Å². The number of halogens is 1. The van der Waals surface area contributed by atoms with E-state index in [1.165, 1.54) is 26.0 Å². The number of nitrogens with two attached hydrogens (primary N) is 1. The number of carbonyl (C=O) groups is 3. The van der Waals surface area contributed by atoms with Crippen molar-refractivity contribution >= 4 is 30.3 Å². The quantitative estimate of drug-likeness (QED) is 0.612. The first kappa shape index (κ1) is 18.9. The Morgan fingerprint density at radius 1 is 1.14 bits per heavy atom. The number of carbonyl (C=O) groups excluding carboxylic acids is 2. The van der Waals surface area contributed by atoms with E-state index in [0.717, 1.165) is 0 Å². The number of carboxylic acids is 1. The third-order valence-corrected chi connectivity index (χ3v) is 2.29. The highest BCUT2D eigenvalue weighted by Crippen LogP contribution is 2.29. The summed E-state index contributed by atoms with van der Waals surface area (Å²) in [5.41, 5.74) is 5.97. The molecule has 1 aromatic rings. The van der Waals surface area contributed by atoms with E-state index in [1.807, 2.05) is 0 Å². The minimum Gasteiger partial charge on any atom is -0.480 e. The van der Waals surface area contributed by atoms with Crippen molar-refractivity contribution in [2.45, 2.75) is 26.3 Å². The van der Waals surface area contributed by atoms with Crippen LogP contribution in [0.5, 0.6) is 11.5 Å². The van der Waals surface area contributed by atoms with Crippen molar-refractivity contribution in [2.24, 2.45) is 5.73 Å². The highest BCUT2D eigenvalue weighted by Gasteiger charge is 2.15. The van der Waals surface area contributed by atoms with Crippen molar-refractivity contribution in [3.8, 4) is 11.5 Å². The molecular weight excluding hydrogens is 302 g/mol. The maximum Gasteiger partial charge on any atom is 0.320 e. The number of carboxylic acid groups (broad SMARTS) is 1. The van der Waals surface area contributed by atoms with Gasteiger partial charge in [0.25, 0.3) is 0 Å². The molecule has 0 amide bonds. The van der Waals surface area contributed by atoms with Crippen LogP contribution in [-0.4, -0.2) is 29.1 Å². The van der Waals surface area contributed by atoms with Crippen LogP contribution < -0.4 is 15.2 Å². The molecule has 0 bridgehead atoms. The van der Waals surface area contributed by atoms with E-state index in [4.69, 9.17) is 20.3 Å². The molecule has 0 spiro atoms. The molecule has 0 aromatic heterocycles. The van der Waals surface area contributed by atoms with E-state index in [9.17, 15) is 14.4 Å². The van der Waals surface area contributed by atoms with Gasteiger partial charge < -0.3 is 20.3 Å². The monoisotopic (exact) mass is 317 g/mol. The van der Waals surface area contributed by atoms with Crippen LogP contribution in [-0.2, 0) is 20.8 Å². The van der Waals surface area contributed by atoms with Gasteiger partial charge in [0.05, 0.1) is 0 Å². The summed E-state index contributed by atoms with van der Waals surface area (Å²) in [5.74, 6) is -2.15. The summed E-state index contributed by atoms with van der Waals surface area (Å²) in [5, 5.41) is 8.75. The lowest BCUT2D eigenvalue weighted by molar-refractivity contribution is -0.138. The van der Waals surface area contributed by atoms with Gasteiger partial charge in [-0.25, -0.2) is 0 Å². The Bertz CT molecular complexity index is 545. The van der Waals surface area contributed by atoms with Crippen molar-refractivity contribution in [3.63, 3.8) is 0 Å². The van der Waals surface area contributed by atoms with Gasteiger partial charge in [0.2, 0.25) is 0 Å². The Balaban J connectivity index is 0.00000400. The maximum atomic E-state index is 11.0. The predicted octanol–water partition coefficient (Wildman–Crippen LogP) is 0.913. The number of hydrogen-bond donors (Lipinski definition) is 2. The zero-order chi connectivity index (χ0) is 15.3. The Kier molecular flexibility index (Phi) is 7.40. The molecule has 0 saturated carbocycles. The van der Waals surface area contributed by atoms with Crippen molar-refractivity contribution in [3.05, 3.63) is 23.8 Å². The van der Waals surface area contributed by atoms with Crippen LogP contribution in [0.15, 0.2) is 18.2 Å². The fraction of sp³-hybridized carbons (Fsp3) is 0.308. The van der Waals surface area contributed by atoms with Crippen LogP contribution in [0.3, 0.4) is 0 Å². The lowest BCUT2D eigenvalue weighted by Gasteiger charge is -2.11. The van der Waals surface area contributed by atoms with E-state index in [2.05, 4.69) is 0 Å². The topological polar surface area (TPSA) is 116 Å². The van der Waals surface area contributed by atoms with Crippen LogP contribution in [0.4, 0.5) is 0 Å². The number of rotatable bonds is 5. The second-order valence-electron chi connectivity index (χ2n) is 4.12. The third kappa shape index (κ3) is 6.24. The molecule has 0 aliphatic rings. The number of aliphatic carboxylic acids is 1. The second kappa shape index (κ2) is 8.23. The molecule has 1 atom stereocenters. The van der Waals surface area contributed by atoms with Gasteiger partial charge >= 0.3 is 17.9 Å². The maximum absolute atomic E-state index is 11.0. The molecule has 0 fully saturated rings. The normalized spacial score (nSPS) is 11.0. The molecule has 0 aliphatic carbocycles. The molecule has 0 radical (unpaired) electrons. The molecule has 3 N–H and O–H groups in total. The molecule has 0 heterocycles. The van der Waals surface area contributed by atoms with Crippen LogP contribution in [0, 0.1) is 0 Å². The van der Waals surface area contributed by atoms with E-state index in [-0.39, 0.29) is 30.3 Å². The fourth-order valence-electron chi connectivity index (χ4n) is 1.49.